The molecule has 2 rings (SSSR count). The lowest BCUT2D eigenvalue weighted by Gasteiger charge is -2.29. The van der Waals surface area contributed by atoms with E-state index in [9.17, 15) is 0 Å². The van der Waals surface area contributed by atoms with Gasteiger partial charge in [-0.15, -0.1) is 0 Å². The summed E-state index contributed by atoms with van der Waals surface area (Å²) in [6, 6.07) is 0.407. The number of ether oxygens (including phenoxy) is 1. The van der Waals surface area contributed by atoms with Crippen LogP contribution >= 0.6 is 11.6 Å². The Labute approximate surface area is 126 Å². The lowest BCUT2D eigenvalue weighted by Crippen LogP contribution is -2.37. The first kappa shape index (κ1) is 15.8. The zero-order valence-corrected chi connectivity index (χ0v) is 13.7. The van der Waals surface area contributed by atoms with Crippen LogP contribution < -0.4 is 5.32 Å². The SMILES string of the molecule is CCCNC(c1c(Cl)cnn1C(C)C)C1OCCC1C. The first-order valence-corrected chi connectivity index (χ1v) is 8.01. The minimum atomic E-state index is 0.116. The van der Waals surface area contributed by atoms with Crippen molar-refractivity contribution in [1.82, 2.24) is 15.1 Å². The van der Waals surface area contributed by atoms with Crippen LogP contribution in [-0.4, -0.2) is 29.0 Å². The summed E-state index contributed by atoms with van der Waals surface area (Å²) < 4.78 is 7.99. The second kappa shape index (κ2) is 6.92. The Morgan fingerprint density at radius 2 is 2.30 bits per heavy atom. The highest BCUT2D eigenvalue weighted by atomic mass is 35.5. The third-order valence-corrected chi connectivity index (χ3v) is 4.25. The van der Waals surface area contributed by atoms with Gasteiger partial charge >= 0.3 is 0 Å². The van der Waals surface area contributed by atoms with E-state index in [0.717, 1.165) is 36.7 Å². The molecule has 20 heavy (non-hydrogen) atoms. The van der Waals surface area contributed by atoms with Crippen LogP contribution in [0.3, 0.4) is 0 Å². The second-order valence-corrected chi connectivity index (χ2v) is 6.36. The summed E-state index contributed by atoms with van der Waals surface area (Å²) in [5.74, 6) is 0.538. The third-order valence-electron chi connectivity index (χ3n) is 3.96. The average molecular weight is 300 g/mol. The van der Waals surface area contributed by atoms with E-state index >= 15 is 0 Å². The van der Waals surface area contributed by atoms with Gasteiger partial charge in [-0.1, -0.05) is 25.4 Å². The van der Waals surface area contributed by atoms with Gasteiger partial charge in [0, 0.05) is 12.6 Å². The second-order valence-electron chi connectivity index (χ2n) is 5.95. The van der Waals surface area contributed by atoms with Gasteiger partial charge in [0.15, 0.2) is 0 Å². The molecule has 4 nitrogen and oxygen atoms in total. The van der Waals surface area contributed by atoms with Crippen LogP contribution in [0, 0.1) is 5.92 Å². The molecule has 0 saturated carbocycles. The zero-order valence-electron chi connectivity index (χ0n) is 12.9. The highest BCUT2D eigenvalue weighted by Gasteiger charge is 2.36. The topological polar surface area (TPSA) is 39.1 Å². The summed E-state index contributed by atoms with van der Waals surface area (Å²) >= 11 is 6.41. The van der Waals surface area contributed by atoms with E-state index in [4.69, 9.17) is 16.3 Å². The Kier molecular flexibility index (Phi) is 5.47. The largest absolute Gasteiger partial charge is 0.376 e. The van der Waals surface area contributed by atoms with Crippen molar-refractivity contribution in [2.45, 2.75) is 58.7 Å². The van der Waals surface area contributed by atoms with Gasteiger partial charge in [-0.2, -0.15) is 5.10 Å². The lowest BCUT2D eigenvalue weighted by atomic mass is 9.95. The van der Waals surface area contributed by atoms with Crippen molar-refractivity contribution in [1.29, 1.82) is 0 Å². The molecule has 2 heterocycles. The molecule has 5 heteroatoms. The van der Waals surface area contributed by atoms with Crippen LogP contribution in [0.2, 0.25) is 5.02 Å². The molecule has 3 atom stereocenters. The predicted octanol–water partition coefficient (Wildman–Crippen LogP) is 3.58. The quantitative estimate of drug-likeness (QED) is 0.872. The number of nitrogens with one attached hydrogen (secondary N) is 1. The van der Waals surface area contributed by atoms with Crippen LogP contribution in [0.15, 0.2) is 6.20 Å². The molecular formula is C15H26ClN3O. The molecule has 1 aromatic heterocycles. The van der Waals surface area contributed by atoms with E-state index in [-0.39, 0.29) is 12.1 Å². The highest BCUT2D eigenvalue weighted by Crippen LogP contribution is 2.35. The molecule has 3 unspecified atom stereocenters. The van der Waals surface area contributed by atoms with Crippen LogP contribution in [0.4, 0.5) is 0 Å². The molecule has 1 fully saturated rings. The molecule has 114 valence electrons. The smallest absolute Gasteiger partial charge is 0.0835 e. The van der Waals surface area contributed by atoms with Gasteiger partial charge < -0.3 is 10.1 Å². The van der Waals surface area contributed by atoms with E-state index in [1.165, 1.54) is 0 Å². The molecule has 0 aliphatic carbocycles. The molecule has 0 bridgehead atoms. The van der Waals surface area contributed by atoms with Gasteiger partial charge in [-0.25, -0.2) is 0 Å². The molecule has 1 N–H and O–H groups in total. The minimum Gasteiger partial charge on any atom is -0.376 e. The Bertz CT molecular complexity index is 433. The fraction of sp³-hybridized carbons (Fsp3) is 0.800. The van der Waals surface area contributed by atoms with Crippen molar-refractivity contribution in [3.63, 3.8) is 0 Å². The molecular weight excluding hydrogens is 274 g/mol. The highest BCUT2D eigenvalue weighted by molar-refractivity contribution is 6.31. The van der Waals surface area contributed by atoms with Gasteiger partial charge in [0.2, 0.25) is 0 Å². The Hall–Kier alpha value is -0.580. The number of hydrogen-bond donors (Lipinski definition) is 1. The molecule has 0 aromatic carbocycles. The summed E-state index contributed by atoms with van der Waals surface area (Å²) in [5.41, 5.74) is 1.06. The Morgan fingerprint density at radius 3 is 2.85 bits per heavy atom. The van der Waals surface area contributed by atoms with Gasteiger partial charge in [0.05, 0.1) is 29.1 Å². The Morgan fingerprint density at radius 1 is 1.55 bits per heavy atom. The van der Waals surface area contributed by atoms with Crippen molar-refractivity contribution >= 4 is 11.6 Å². The normalized spacial score (nSPS) is 24.5. The van der Waals surface area contributed by atoms with E-state index in [2.05, 4.69) is 38.1 Å². The van der Waals surface area contributed by atoms with E-state index in [1.54, 1.807) is 6.20 Å². The van der Waals surface area contributed by atoms with Crippen molar-refractivity contribution < 1.29 is 4.74 Å². The minimum absolute atomic E-state index is 0.116. The van der Waals surface area contributed by atoms with Crippen LogP contribution in [0.5, 0.6) is 0 Å². The summed E-state index contributed by atoms with van der Waals surface area (Å²) in [5, 5.41) is 8.77. The maximum absolute atomic E-state index is 6.41. The van der Waals surface area contributed by atoms with Gasteiger partial charge in [-0.05, 0) is 39.2 Å². The van der Waals surface area contributed by atoms with Crippen LogP contribution in [-0.2, 0) is 4.74 Å². The maximum atomic E-state index is 6.41. The van der Waals surface area contributed by atoms with Crippen molar-refractivity contribution in [3.05, 3.63) is 16.9 Å². The van der Waals surface area contributed by atoms with E-state index < -0.39 is 0 Å². The van der Waals surface area contributed by atoms with E-state index in [1.807, 2.05) is 4.68 Å². The maximum Gasteiger partial charge on any atom is 0.0835 e. The van der Waals surface area contributed by atoms with Crippen molar-refractivity contribution in [3.8, 4) is 0 Å². The van der Waals surface area contributed by atoms with Gasteiger partial charge in [-0.3, -0.25) is 4.68 Å². The summed E-state index contributed by atoms with van der Waals surface area (Å²) in [6.07, 6.45) is 4.12. The van der Waals surface area contributed by atoms with Crippen molar-refractivity contribution in [2.75, 3.05) is 13.2 Å². The Balaban J connectivity index is 2.32. The van der Waals surface area contributed by atoms with Gasteiger partial charge in [0.25, 0.3) is 0 Å². The number of halogens is 1. The number of hydrogen-bond acceptors (Lipinski definition) is 3. The molecule has 1 aliphatic rings. The monoisotopic (exact) mass is 299 g/mol. The van der Waals surface area contributed by atoms with Crippen LogP contribution in [0.25, 0.3) is 0 Å². The van der Waals surface area contributed by atoms with Crippen molar-refractivity contribution in [2.24, 2.45) is 5.92 Å². The zero-order chi connectivity index (χ0) is 14.7. The molecule has 1 aromatic rings. The molecule has 1 aliphatic heterocycles. The number of rotatable bonds is 6. The molecule has 0 amide bonds. The summed E-state index contributed by atoms with van der Waals surface area (Å²) in [4.78, 5) is 0. The fourth-order valence-electron chi connectivity index (χ4n) is 2.86. The molecule has 0 radical (unpaired) electrons. The summed E-state index contributed by atoms with van der Waals surface area (Å²) in [7, 11) is 0. The van der Waals surface area contributed by atoms with Gasteiger partial charge in [0.1, 0.15) is 0 Å². The van der Waals surface area contributed by atoms with Crippen LogP contribution in [0.1, 0.15) is 58.3 Å². The first-order valence-electron chi connectivity index (χ1n) is 7.64. The predicted molar refractivity (Wildman–Crippen MR) is 82.2 cm³/mol. The molecule has 0 spiro atoms. The first-order chi connectivity index (χ1) is 9.56. The standard InChI is InChI=1S/C15H26ClN3O/c1-5-7-17-13(15-11(4)6-8-20-15)14-12(16)9-18-19(14)10(2)3/h9-11,13,15,17H,5-8H2,1-4H3. The lowest BCUT2D eigenvalue weighted by molar-refractivity contribution is 0.0576. The third kappa shape index (κ3) is 3.18. The van der Waals surface area contributed by atoms with E-state index in [0.29, 0.717) is 12.0 Å². The average Bonchev–Trinajstić information content (AvgIpc) is 2.98. The number of nitrogens with zero attached hydrogens (tertiary/aromatic N) is 2. The molecule has 1 saturated heterocycles. The summed E-state index contributed by atoms with van der Waals surface area (Å²) in [6.45, 7) is 10.5. The number of aromatic nitrogens is 2. The fourth-order valence-corrected chi connectivity index (χ4v) is 3.11.